The van der Waals surface area contributed by atoms with Crippen molar-refractivity contribution < 1.29 is 24.2 Å². The van der Waals surface area contributed by atoms with E-state index >= 15 is 0 Å². The van der Waals surface area contributed by atoms with Crippen LogP contribution in [0.4, 0.5) is 5.69 Å². The Labute approximate surface area is 204 Å². The first-order valence-electron chi connectivity index (χ1n) is 8.65. The number of carbonyl (C=O) groups is 2. The van der Waals surface area contributed by atoms with Crippen LogP contribution < -0.4 is 10.1 Å². The highest BCUT2D eigenvalue weighted by Crippen LogP contribution is 2.36. The number of esters is 1. The predicted molar refractivity (Wildman–Crippen MR) is 133 cm³/mol. The smallest absolute Gasteiger partial charge is 0.338 e. The number of hydrogen-bond acceptors (Lipinski definition) is 7. The Hall–Kier alpha value is -1.80. The van der Waals surface area contributed by atoms with Gasteiger partial charge in [0.1, 0.15) is 0 Å². The second-order valence-electron chi connectivity index (χ2n) is 5.89. The number of thioether (sulfide) groups is 1. The minimum absolute atomic E-state index is 0.0287. The molecule has 0 saturated carbocycles. The number of carbonyl (C=O) groups excluding carboxylic acids is 2. The van der Waals surface area contributed by atoms with Crippen molar-refractivity contribution in [1.82, 2.24) is 5.32 Å². The molecule has 156 valence electrons. The molecule has 0 unspecified atom stereocenters. The monoisotopic (exact) mass is 650 g/mol. The highest BCUT2D eigenvalue weighted by molar-refractivity contribution is 14.1. The van der Waals surface area contributed by atoms with Crippen molar-refractivity contribution in [3.63, 3.8) is 0 Å². The number of amidine groups is 1. The Morgan fingerprint density at radius 3 is 2.73 bits per heavy atom. The topological polar surface area (TPSA) is 97.2 Å². The van der Waals surface area contributed by atoms with Crippen LogP contribution in [0.5, 0.6) is 11.5 Å². The van der Waals surface area contributed by atoms with Crippen molar-refractivity contribution >= 4 is 85.8 Å². The van der Waals surface area contributed by atoms with Crippen LogP contribution in [0.15, 0.2) is 40.2 Å². The third-order valence-corrected chi connectivity index (χ3v) is 6.85. The molecule has 1 heterocycles. The zero-order valence-corrected chi connectivity index (χ0v) is 21.0. The molecule has 0 aromatic heterocycles. The van der Waals surface area contributed by atoms with Gasteiger partial charge in [-0.05, 0) is 106 Å². The van der Waals surface area contributed by atoms with Gasteiger partial charge in [0.05, 0.1) is 33.4 Å². The van der Waals surface area contributed by atoms with Gasteiger partial charge in [0.25, 0.3) is 5.91 Å². The zero-order chi connectivity index (χ0) is 21.8. The zero-order valence-electron chi connectivity index (χ0n) is 15.9. The molecule has 0 aliphatic carbocycles. The molecule has 1 fully saturated rings. The molecule has 2 N–H and O–H groups in total. The van der Waals surface area contributed by atoms with Gasteiger partial charge >= 0.3 is 5.97 Å². The van der Waals surface area contributed by atoms with Crippen LogP contribution in [0.25, 0.3) is 6.08 Å². The second kappa shape index (κ2) is 10.0. The molecule has 2 aromatic rings. The van der Waals surface area contributed by atoms with Crippen LogP contribution in [-0.2, 0) is 9.53 Å². The Balaban J connectivity index is 1.84. The van der Waals surface area contributed by atoms with Gasteiger partial charge in [-0.15, -0.1) is 0 Å². The largest absolute Gasteiger partial charge is 0.504 e. The highest BCUT2D eigenvalue weighted by atomic mass is 127. The molecule has 0 spiro atoms. The minimum atomic E-state index is -0.388. The molecule has 0 radical (unpaired) electrons. The van der Waals surface area contributed by atoms with Crippen LogP contribution in [0.2, 0.25) is 0 Å². The minimum Gasteiger partial charge on any atom is -0.504 e. The first kappa shape index (κ1) is 22.9. The van der Waals surface area contributed by atoms with Crippen LogP contribution in [0, 0.1) is 7.14 Å². The molecular formula is C20H16I2N2O5S. The number of amides is 1. The van der Waals surface area contributed by atoms with Crippen LogP contribution >= 0.6 is 56.9 Å². The molecule has 0 bridgehead atoms. The van der Waals surface area contributed by atoms with E-state index in [0.717, 1.165) is 3.57 Å². The summed E-state index contributed by atoms with van der Waals surface area (Å²) < 4.78 is 11.4. The Kier molecular flexibility index (Phi) is 7.63. The lowest BCUT2D eigenvalue weighted by molar-refractivity contribution is -0.115. The fraction of sp³-hybridized carbons (Fsp3) is 0.150. The van der Waals surface area contributed by atoms with Gasteiger partial charge in [-0.25, -0.2) is 9.79 Å². The van der Waals surface area contributed by atoms with Gasteiger partial charge in [-0.3, -0.25) is 4.79 Å². The van der Waals surface area contributed by atoms with Crippen LogP contribution in [0.3, 0.4) is 0 Å². The van der Waals surface area contributed by atoms with E-state index < -0.39 is 0 Å². The van der Waals surface area contributed by atoms with Crippen molar-refractivity contribution in [2.75, 3.05) is 13.7 Å². The lowest BCUT2D eigenvalue weighted by Crippen LogP contribution is -2.19. The number of phenols is 1. The van der Waals surface area contributed by atoms with E-state index in [1.807, 2.05) is 22.6 Å². The summed E-state index contributed by atoms with van der Waals surface area (Å²) in [6, 6.07) is 8.45. The molecule has 3 rings (SSSR count). The lowest BCUT2D eigenvalue weighted by Gasteiger charge is -2.07. The molecule has 1 aliphatic rings. The predicted octanol–water partition coefficient (Wildman–Crippen LogP) is 4.68. The standard InChI is InChI=1S/C20H16I2N2O5S/c1-3-29-19(27)11-4-6-13(12(21)8-11)23-20-24-18(26)15(30-20)9-10-5-7-14(28-2)17(25)16(10)22/h4-9,25H,3H2,1-2H3,(H,23,24,26)/b15-9-. The van der Waals surface area contributed by atoms with Crippen LogP contribution in [-0.4, -0.2) is 35.9 Å². The molecule has 1 amide bonds. The quantitative estimate of drug-likeness (QED) is 0.278. The molecule has 0 atom stereocenters. The first-order chi connectivity index (χ1) is 14.3. The molecule has 1 aliphatic heterocycles. The lowest BCUT2D eigenvalue weighted by atomic mass is 10.2. The number of methoxy groups -OCH3 is 1. The summed E-state index contributed by atoms with van der Waals surface area (Å²) in [6.45, 7) is 2.06. The van der Waals surface area contributed by atoms with E-state index in [1.54, 1.807) is 43.3 Å². The van der Waals surface area contributed by atoms with E-state index in [4.69, 9.17) is 9.47 Å². The number of hydrogen-bond donors (Lipinski definition) is 2. The van der Waals surface area contributed by atoms with Gasteiger partial charge in [-0.2, -0.15) is 0 Å². The number of phenolic OH excluding ortho intramolecular Hbond substituents is 1. The average molecular weight is 650 g/mol. The summed E-state index contributed by atoms with van der Waals surface area (Å²) in [5.41, 5.74) is 1.77. The number of halogens is 2. The van der Waals surface area contributed by atoms with Crippen molar-refractivity contribution in [2.45, 2.75) is 6.92 Å². The summed E-state index contributed by atoms with van der Waals surface area (Å²) in [4.78, 5) is 29.2. The number of nitrogens with one attached hydrogen (secondary N) is 1. The first-order valence-corrected chi connectivity index (χ1v) is 11.6. The maximum absolute atomic E-state index is 12.4. The normalized spacial score (nSPS) is 16.1. The molecule has 10 heteroatoms. The fourth-order valence-corrected chi connectivity index (χ4v) is 4.57. The highest BCUT2D eigenvalue weighted by Gasteiger charge is 2.25. The number of nitrogens with zero attached hydrogens (tertiary/aromatic N) is 1. The molecule has 1 saturated heterocycles. The van der Waals surface area contributed by atoms with Crippen molar-refractivity contribution in [3.8, 4) is 11.5 Å². The average Bonchev–Trinajstić information content (AvgIpc) is 3.06. The number of ether oxygens (including phenoxy) is 2. The van der Waals surface area contributed by atoms with Crippen molar-refractivity contribution in [2.24, 2.45) is 4.99 Å². The van der Waals surface area contributed by atoms with Crippen molar-refractivity contribution in [1.29, 1.82) is 0 Å². The fourth-order valence-electron chi connectivity index (χ4n) is 2.51. The summed E-state index contributed by atoms with van der Waals surface area (Å²) in [5, 5.41) is 13.3. The molecular weight excluding hydrogens is 634 g/mol. The second-order valence-corrected chi connectivity index (χ2v) is 9.16. The molecule has 2 aromatic carbocycles. The van der Waals surface area contributed by atoms with E-state index in [2.05, 4.69) is 32.9 Å². The summed E-state index contributed by atoms with van der Waals surface area (Å²) >= 11 is 5.29. The van der Waals surface area contributed by atoms with Gasteiger partial charge in [0.2, 0.25) is 0 Å². The Bertz CT molecular complexity index is 1090. The van der Waals surface area contributed by atoms with Crippen molar-refractivity contribution in [3.05, 3.63) is 53.5 Å². The summed E-state index contributed by atoms with van der Waals surface area (Å²) in [6.07, 6.45) is 1.69. The molecule has 7 nitrogen and oxygen atoms in total. The maximum atomic E-state index is 12.4. The third kappa shape index (κ3) is 5.09. The number of aromatic hydroxyl groups is 1. The number of aliphatic imine (C=N–C) groups is 1. The number of rotatable bonds is 5. The summed E-state index contributed by atoms with van der Waals surface area (Å²) in [7, 11) is 1.48. The number of benzene rings is 2. The maximum Gasteiger partial charge on any atom is 0.338 e. The van der Waals surface area contributed by atoms with Gasteiger partial charge < -0.3 is 19.9 Å². The Morgan fingerprint density at radius 1 is 1.30 bits per heavy atom. The molecule has 30 heavy (non-hydrogen) atoms. The summed E-state index contributed by atoms with van der Waals surface area (Å²) in [5.74, 6) is -0.266. The van der Waals surface area contributed by atoms with Gasteiger partial charge in [-0.1, -0.05) is 0 Å². The van der Waals surface area contributed by atoms with Gasteiger partial charge in [0, 0.05) is 3.57 Å². The van der Waals surface area contributed by atoms with E-state index in [9.17, 15) is 14.7 Å². The van der Waals surface area contributed by atoms with E-state index in [-0.39, 0.29) is 17.6 Å². The SMILES string of the molecule is CCOC(=O)c1ccc(N=C2NC(=O)/C(=C/c3ccc(OC)c(O)c3I)S2)c(I)c1. The Morgan fingerprint density at radius 2 is 2.07 bits per heavy atom. The third-order valence-electron chi connectivity index (χ3n) is 3.95. The van der Waals surface area contributed by atoms with Crippen LogP contribution in [0.1, 0.15) is 22.8 Å². The van der Waals surface area contributed by atoms with Gasteiger partial charge in [0.15, 0.2) is 16.7 Å². The van der Waals surface area contributed by atoms with E-state index in [0.29, 0.717) is 42.8 Å². The van der Waals surface area contributed by atoms with E-state index in [1.165, 1.54) is 18.9 Å².